The van der Waals surface area contributed by atoms with Crippen molar-refractivity contribution in [3.05, 3.63) is 25.3 Å². The first-order chi connectivity index (χ1) is 9.53. The van der Waals surface area contributed by atoms with Crippen LogP contribution in [-0.4, -0.2) is 40.6 Å². The third kappa shape index (κ3) is 4.72. The Kier molecular flexibility index (Phi) is 6.28. The molecule has 0 bridgehead atoms. The third-order valence-corrected chi connectivity index (χ3v) is 3.66. The largest absolute Gasteiger partial charge is 0.481 e. The molecule has 0 aromatic rings. The van der Waals surface area contributed by atoms with Crippen molar-refractivity contribution < 1.29 is 14.7 Å². The minimum atomic E-state index is -0.869. The van der Waals surface area contributed by atoms with Crippen LogP contribution in [0.15, 0.2) is 25.3 Å². The van der Waals surface area contributed by atoms with Crippen molar-refractivity contribution in [1.82, 2.24) is 10.2 Å². The molecule has 0 spiro atoms. The Balaban J connectivity index is 2.76. The van der Waals surface area contributed by atoms with Gasteiger partial charge in [-0.3, -0.25) is 4.79 Å². The van der Waals surface area contributed by atoms with E-state index in [1.54, 1.807) is 17.1 Å². The van der Waals surface area contributed by atoms with E-state index in [2.05, 4.69) is 18.5 Å². The van der Waals surface area contributed by atoms with Crippen LogP contribution in [0, 0.1) is 0 Å². The molecule has 1 aliphatic carbocycles. The van der Waals surface area contributed by atoms with Gasteiger partial charge in [0.25, 0.3) is 0 Å². The van der Waals surface area contributed by atoms with E-state index in [1.165, 1.54) is 0 Å². The minimum absolute atomic E-state index is 0.0191. The fraction of sp³-hybridized carbons (Fsp3) is 0.600. The Labute approximate surface area is 120 Å². The smallest absolute Gasteiger partial charge is 0.318 e. The highest BCUT2D eigenvalue weighted by Crippen LogP contribution is 2.31. The number of carboxylic acid groups (broad SMARTS) is 1. The van der Waals surface area contributed by atoms with Crippen LogP contribution >= 0.6 is 0 Å². The van der Waals surface area contributed by atoms with E-state index in [-0.39, 0.29) is 12.5 Å². The van der Waals surface area contributed by atoms with Crippen LogP contribution < -0.4 is 5.32 Å². The molecule has 20 heavy (non-hydrogen) atoms. The third-order valence-electron chi connectivity index (χ3n) is 3.66. The Morgan fingerprint density at radius 3 is 2.15 bits per heavy atom. The van der Waals surface area contributed by atoms with E-state index in [1.807, 2.05) is 0 Å². The van der Waals surface area contributed by atoms with Crippen LogP contribution in [0.5, 0.6) is 0 Å². The summed E-state index contributed by atoms with van der Waals surface area (Å²) >= 11 is 0. The van der Waals surface area contributed by atoms with Gasteiger partial charge in [-0.2, -0.15) is 0 Å². The van der Waals surface area contributed by atoms with Crippen molar-refractivity contribution in [3.63, 3.8) is 0 Å². The summed E-state index contributed by atoms with van der Waals surface area (Å²) in [7, 11) is 0. The standard InChI is InChI=1S/C15H24N2O3/c1-3-10-17(11-4-2)14(20)16-15(12-13(18)19)8-6-5-7-9-15/h3-4H,1-2,5-12H2,(H,16,20)(H,18,19). The molecule has 0 aromatic heterocycles. The average molecular weight is 280 g/mol. The quantitative estimate of drug-likeness (QED) is 0.704. The lowest BCUT2D eigenvalue weighted by molar-refractivity contribution is -0.139. The number of carbonyl (C=O) groups excluding carboxylic acids is 1. The maximum absolute atomic E-state index is 12.3. The number of nitrogens with one attached hydrogen (secondary N) is 1. The normalized spacial score (nSPS) is 17.0. The molecule has 1 saturated carbocycles. The van der Waals surface area contributed by atoms with E-state index < -0.39 is 11.5 Å². The fourth-order valence-electron chi connectivity index (χ4n) is 2.72. The number of carboxylic acids is 1. The molecule has 0 heterocycles. The molecule has 1 rings (SSSR count). The summed E-state index contributed by atoms with van der Waals surface area (Å²) in [5.41, 5.74) is -0.609. The van der Waals surface area contributed by atoms with Crippen molar-refractivity contribution in [3.8, 4) is 0 Å². The number of hydrogen-bond donors (Lipinski definition) is 2. The first kappa shape index (κ1) is 16.3. The number of rotatable bonds is 7. The van der Waals surface area contributed by atoms with Gasteiger partial charge in [-0.15, -0.1) is 13.2 Å². The molecule has 5 nitrogen and oxygen atoms in total. The highest BCUT2D eigenvalue weighted by Gasteiger charge is 2.36. The van der Waals surface area contributed by atoms with Gasteiger partial charge in [0.15, 0.2) is 0 Å². The molecular formula is C15H24N2O3. The number of nitrogens with zero attached hydrogens (tertiary/aromatic N) is 1. The summed E-state index contributed by atoms with van der Waals surface area (Å²) in [5, 5.41) is 12.0. The topological polar surface area (TPSA) is 69.6 Å². The van der Waals surface area contributed by atoms with Gasteiger partial charge in [0.05, 0.1) is 12.0 Å². The van der Waals surface area contributed by atoms with Crippen LogP contribution in [0.25, 0.3) is 0 Å². The van der Waals surface area contributed by atoms with Crippen molar-refractivity contribution in [2.45, 2.75) is 44.1 Å². The molecule has 0 aromatic carbocycles. The van der Waals surface area contributed by atoms with Gasteiger partial charge in [0.1, 0.15) is 0 Å². The van der Waals surface area contributed by atoms with Gasteiger partial charge in [-0.25, -0.2) is 4.79 Å². The van der Waals surface area contributed by atoms with E-state index >= 15 is 0 Å². The molecule has 1 aliphatic rings. The first-order valence-electron chi connectivity index (χ1n) is 7.04. The van der Waals surface area contributed by atoms with Gasteiger partial charge in [0, 0.05) is 13.1 Å². The van der Waals surface area contributed by atoms with Crippen molar-refractivity contribution in [1.29, 1.82) is 0 Å². The molecule has 0 unspecified atom stereocenters. The van der Waals surface area contributed by atoms with Gasteiger partial charge in [-0.05, 0) is 12.8 Å². The maximum Gasteiger partial charge on any atom is 0.318 e. The molecule has 0 saturated heterocycles. The summed E-state index contributed by atoms with van der Waals surface area (Å²) in [6.45, 7) is 8.09. The highest BCUT2D eigenvalue weighted by atomic mass is 16.4. The fourth-order valence-corrected chi connectivity index (χ4v) is 2.72. The second kappa shape index (κ2) is 7.72. The van der Waals surface area contributed by atoms with E-state index in [9.17, 15) is 9.59 Å². The van der Waals surface area contributed by atoms with Gasteiger partial charge >= 0.3 is 12.0 Å². The monoisotopic (exact) mass is 280 g/mol. The molecule has 0 radical (unpaired) electrons. The summed E-state index contributed by atoms with van der Waals surface area (Å²) in [4.78, 5) is 25.0. The number of amides is 2. The molecule has 2 amide bonds. The Morgan fingerprint density at radius 1 is 1.15 bits per heavy atom. The number of hydrogen-bond acceptors (Lipinski definition) is 2. The van der Waals surface area contributed by atoms with E-state index in [4.69, 9.17) is 5.11 Å². The molecule has 1 fully saturated rings. The molecule has 5 heteroatoms. The van der Waals surface area contributed by atoms with Gasteiger partial charge in [0.2, 0.25) is 0 Å². The first-order valence-corrected chi connectivity index (χ1v) is 7.04. The van der Waals surface area contributed by atoms with Crippen molar-refractivity contribution in [2.75, 3.05) is 13.1 Å². The molecule has 2 N–H and O–H groups in total. The molecule has 0 atom stereocenters. The summed E-state index contributed by atoms with van der Waals surface area (Å²) in [5.74, 6) is -0.869. The average Bonchev–Trinajstić information content (AvgIpc) is 2.38. The zero-order valence-electron chi connectivity index (χ0n) is 11.9. The van der Waals surface area contributed by atoms with Crippen LogP contribution in [-0.2, 0) is 4.79 Å². The second-order valence-electron chi connectivity index (χ2n) is 5.32. The van der Waals surface area contributed by atoms with Crippen LogP contribution in [0.4, 0.5) is 4.79 Å². The Hall–Kier alpha value is -1.78. The summed E-state index contributed by atoms with van der Waals surface area (Å²) in [6.07, 6.45) is 7.73. The van der Waals surface area contributed by atoms with Crippen molar-refractivity contribution >= 4 is 12.0 Å². The van der Waals surface area contributed by atoms with E-state index in [0.717, 1.165) is 32.1 Å². The molecular weight excluding hydrogens is 256 g/mol. The number of carbonyl (C=O) groups is 2. The zero-order valence-corrected chi connectivity index (χ0v) is 11.9. The summed E-state index contributed by atoms with van der Waals surface area (Å²) < 4.78 is 0. The lowest BCUT2D eigenvalue weighted by Crippen LogP contribution is -2.55. The Bertz CT molecular complexity index is 363. The summed E-state index contributed by atoms with van der Waals surface area (Å²) in [6, 6.07) is -0.243. The molecule has 0 aliphatic heterocycles. The predicted molar refractivity (Wildman–Crippen MR) is 78.6 cm³/mol. The van der Waals surface area contributed by atoms with Gasteiger partial charge < -0.3 is 15.3 Å². The predicted octanol–water partition coefficient (Wildman–Crippen LogP) is 2.55. The van der Waals surface area contributed by atoms with Crippen molar-refractivity contribution in [2.24, 2.45) is 0 Å². The lowest BCUT2D eigenvalue weighted by Gasteiger charge is -2.38. The van der Waals surface area contributed by atoms with Crippen LogP contribution in [0.1, 0.15) is 38.5 Å². The van der Waals surface area contributed by atoms with Crippen LogP contribution in [0.3, 0.4) is 0 Å². The SMILES string of the molecule is C=CCN(CC=C)C(=O)NC1(CC(=O)O)CCCCC1. The number of aliphatic carboxylic acids is 1. The van der Waals surface area contributed by atoms with E-state index in [0.29, 0.717) is 13.1 Å². The van der Waals surface area contributed by atoms with Gasteiger partial charge in [-0.1, -0.05) is 31.4 Å². The maximum atomic E-state index is 12.3. The highest BCUT2D eigenvalue weighted by molar-refractivity contribution is 5.77. The number of urea groups is 1. The Morgan fingerprint density at radius 2 is 1.70 bits per heavy atom. The lowest BCUT2D eigenvalue weighted by atomic mass is 9.79. The second-order valence-corrected chi connectivity index (χ2v) is 5.32. The van der Waals surface area contributed by atoms with Crippen LogP contribution in [0.2, 0.25) is 0 Å². The minimum Gasteiger partial charge on any atom is -0.481 e. The molecule has 112 valence electrons. The zero-order chi connectivity index (χ0) is 15.0.